The summed E-state index contributed by atoms with van der Waals surface area (Å²) in [5.74, 6) is 0.589. The summed E-state index contributed by atoms with van der Waals surface area (Å²) in [6.07, 6.45) is 1.85. The predicted molar refractivity (Wildman–Crippen MR) is 164 cm³/mol. The standard InChI is InChI=1S/C34H44O9/c1-8-11-23(9-2)42-25-16-14-21(18-28(25)40-6)31(24-12-10-13-27(39-5)32(24)36)30(20-35)43-26-17-15-22(19-29(26)41-7)33(37)34(3,4)38/h10,12-19,23,30-31,35-36,38H,8-9,11,20H2,1-7H3. The number of methoxy groups -OCH3 is 3. The molecule has 0 aliphatic rings. The molecule has 0 heterocycles. The highest BCUT2D eigenvalue weighted by Crippen LogP contribution is 2.43. The van der Waals surface area contributed by atoms with Crippen LogP contribution in [-0.4, -0.2) is 66.8 Å². The first kappa shape index (κ1) is 33.6. The summed E-state index contributed by atoms with van der Waals surface area (Å²) in [5.41, 5.74) is -0.186. The molecule has 3 N–H and O–H groups in total. The van der Waals surface area contributed by atoms with Gasteiger partial charge < -0.3 is 39.0 Å². The molecule has 0 saturated heterocycles. The van der Waals surface area contributed by atoms with E-state index in [1.165, 1.54) is 40.2 Å². The highest BCUT2D eigenvalue weighted by molar-refractivity contribution is 6.02. The lowest BCUT2D eigenvalue weighted by atomic mass is 9.85. The van der Waals surface area contributed by atoms with Crippen molar-refractivity contribution in [3.05, 3.63) is 71.3 Å². The van der Waals surface area contributed by atoms with Crippen molar-refractivity contribution < 1.29 is 43.8 Å². The molecule has 9 nitrogen and oxygen atoms in total. The van der Waals surface area contributed by atoms with Gasteiger partial charge in [0.05, 0.1) is 40.0 Å². The number of hydrogen-bond donors (Lipinski definition) is 3. The third kappa shape index (κ3) is 7.91. The summed E-state index contributed by atoms with van der Waals surface area (Å²) in [7, 11) is 4.46. The van der Waals surface area contributed by atoms with Gasteiger partial charge in [0.15, 0.2) is 40.3 Å². The number of carbonyl (C=O) groups excluding carboxylic acids is 1. The van der Waals surface area contributed by atoms with Crippen molar-refractivity contribution >= 4 is 5.78 Å². The summed E-state index contributed by atoms with van der Waals surface area (Å²) in [4.78, 5) is 12.7. The van der Waals surface area contributed by atoms with Crippen LogP contribution in [0.2, 0.25) is 0 Å². The third-order valence-corrected chi connectivity index (χ3v) is 7.30. The Morgan fingerprint density at radius 3 is 2.05 bits per heavy atom. The van der Waals surface area contributed by atoms with Gasteiger partial charge in [-0.25, -0.2) is 0 Å². The molecule has 3 atom stereocenters. The number of carbonyl (C=O) groups is 1. The molecule has 0 amide bonds. The topological polar surface area (TPSA) is 124 Å². The summed E-state index contributed by atoms with van der Waals surface area (Å²) >= 11 is 0. The Kier molecular flexibility index (Phi) is 11.7. The number of phenols is 1. The van der Waals surface area contributed by atoms with Gasteiger partial charge in [-0.1, -0.05) is 38.5 Å². The number of aliphatic hydroxyl groups is 2. The first-order valence-corrected chi connectivity index (χ1v) is 14.5. The van der Waals surface area contributed by atoms with Gasteiger partial charge in [-0.3, -0.25) is 4.79 Å². The minimum absolute atomic E-state index is 0.0372. The molecule has 3 aromatic rings. The molecule has 0 aromatic heterocycles. The number of ketones is 1. The lowest BCUT2D eigenvalue weighted by Crippen LogP contribution is -2.31. The van der Waals surface area contributed by atoms with E-state index in [-0.39, 0.29) is 34.7 Å². The van der Waals surface area contributed by atoms with E-state index in [1.54, 1.807) is 31.4 Å². The van der Waals surface area contributed by atoms with Crippen LogP contribution in [0.5, 0.6) is 34.5 Å². The van der Waals surface area contributed by atoms with Crippen LogP contribution in [0.1, 0.15) is 74.4 Å². The lowest BCUT2D eigenvalue weighted by Gasteiger charge is -2.29. The Morgan fingerprint density at radius 1 is 0.837 bits per heavy atom. The van der Waals surface area contributed by atoms with Crippen molar-refractivity contribution in [3.8, 4) is 34.5 Å². The summed E-state index contributed by atoms with van der Waals surface area (Å²) < 4.78 is 29.2. The van der Waals surface area contributed by atoms with E-state index in [0.717, 1.165) is 19.3 Å². The summed E-state index contributed by atoms with van der Waals surface area (Å²) in [6.45, 7) is 6.57. The molecular weight excluding hydrogens is 552 g/mol. The zero-order valence-corrected chi connectivity index (χ0v) is 26.0. The fraction of sp³-hybridized carbons (Fsp3) is 0.441. The third-order valence-electron chi connectivity index (χ3n) is 7.30. The molecule has 0 radical (unpaired) electrons. The van der Waals surface area contributed by atoms with Gasteiger partial charge in [0.2, 0.25) is 0 Å². The zero-order chi connectivity index (χ0) is 31.7. The first-order valence-electron chi connectivity index (χ1n) is 14.5. The van der Waals surface area contributed by atoms with E-state index in [9.17, 15) is 20.1 Å². The van der Waals surface area contributed by atoms with E-state index in [2.05, 4.69) is 13.8 Å². The number of Topliss-reactive ketones (excluding diaryl/α,β-unsaturated/α-hetero) is 1. The minimum Gasteiger partial charge on any atom is -0.504 e. The second-order valence-corrected chi connectivity index (χ2v) is 10.8. The molecule has 234 valence electrons. The molecule has 0 bridgehead atoms. The SMILES string of the molecule is CCCC(CC)Oc1ccc(C(c2cccc(OC)c2O)C(CO)Oc2ccc(C(=O)C(C)(C)O)cc2OC)cc1OC. The Morgan fingerprint density at radius 2 is 1.47 bits per heavy atom. The van der Waals surface area contributed by atoms with Crippen molar-refractivity contribution in [1.29, 1.82) is 0 Å². The maximum absolute atomic E-state index is 12.7. The predicted octanol–water partition coefficient (Wildman–Crippen LogP) is 5.90. The molecule has 3 aromatic carbocycles. The van der Waals surface area contributed by atoms with Crippen molar-refractivity contribution in [1.82, 2.24) is 0 Å². The maximum Gasteiger partial charge on any atom is 0.193 e. The van der Waals surface area contributed by atoms with Gasteiger partial charge in [0, 0.05) is 11.1 Å². The molecule has 0 aliphatic carbocycles. The van der Waals surface area contributed by atoms with Crippen LogP contribution in [-0.2, 0) is 0 Å². The molecule has 0 saturated carbocycles. The average molecular weight is 597 g/mol. The van der Waals surface area contributed by atoms with Crippen LogP contribution in [0.15, 0.2) is 54.6 Å². The molecule has 0 spiro atoms. The second kappa shape index (κ2) is 15.0. The number of benzene rings is 3. The van der Waals surface area contributed by atoms with E-state index in [4.69, 9.17) is 23.7 Å². The molecule has 0 fully saturated rings. The van der Waals surface area contributed by atoms with Crippen molar-refractivity contribution in [3.63, 3.8) is 0 Å². The molecule has 3 rings (SSSR count). The Bertz CT molecular complexity index is 1360. The minimum atomic E-state index is -1.57. The van der Waals surface area contributed by atoms with Gasteiger partial charge >= 0.3 is 0 Å². The van der Waals surface area contributed by atoms with Crippen molar-refractivity contribution in [2.24, 2.45) is 0 Å². The van der Waals surface area contributed by atoms with Gasteiger partial charge in [-0.2, -0.15) is 0 Å². The van der Waals surface area contributed by atoms with Crippen LogP contribution in [0, 0.1) is 0 Å². The monoisotopic (exact) mass is 596 g/mol. The van der Waals surface area contributed by atoms with Gasteiger partial charge in [-0.15, -0.1) is 0 Å². The van der Waals surface area contributed by atoms with Crippen LogP contribution in [0.4, 0.5) is 0 Å². The van der Waals surface area contributed by atoms with Crippen LogP contribution in [0.25, 0.3) is 0 Å². The number of ether oxygens (including phenoxy) is 5. The van der Waals surface area contributed by atoms with Gasteiger partial charge in [-0.05, 0) is 68.7 Å². The van der Waals surface area contributed by atoms with E-state index in [0.29, 0.717) is 22.6 Å². The average Bonchev–Trinajstić information content (AvgIpc) is 3.00. The fourth-order valence-corrected chi connectivity index (χ4v) is 5.01. The fourth-order valence-electron chi connectivity index (χ4n) is 5.01. The number of aliphatic hydroxyl groups excluding tert-OH is 1. The maximum atomic E-state index is 12.7. The van der Waals surface area contributed by atoms with Crippen LogP contribution < -0.4 is 23.7 Å². The molecule has 0 aliphatic heterocycles. The smallest absolute Gasteiger partial charge is 0.193 e. The Hall–Kier alpha value is -3.95. The summed E-state index contributed by atoms with van der Waals surface area (Å²) in [5, 5.41) is 32.1. The highest BCUT2D eigenvalue weighted by Gasteiger charge is 2.32. The second-order valence-electron chi connectivity index (χ2n) is 10.8. The summed E-state index contributed by atoms with van der Waals surface area (Å²) in [6, 6.07) is 15.2. The Labute approximate surface area is 253 Å². The van der Waals surface area contributed by atoms with E-state index >= 15 is 0 Å². The highest BCUT2D eigenvalue weighted by atomic mass is 16.5. The number of rotatable bonds is 16. The number of aromatic hydroxyl groups is 1. The zero-order valence-electron chi connectivity index (χ0n) is 26.0. The number of hydrogen-bond acceptors (Lipinski definition) is 9. The van der Waals surface area contributed by atoms with Crippen molar-refractivity contribution in [2.45, 2.75) is 70.7 Å². The van der Waals surface area contributed by atoms with Crippen molar-refractivity contribution in [2.75, 3.05) is 27.9 Å². The molecule has 3 unspecified atom stereocenters. The van der Waals surface area contributed by atoms with Gasteiger partial charge in [0.25, 0.3) is 0 Å². The normalized spacial score (nSPS) is 13.5. The van der Waals surface area contributed by atoms with Crippen LogP contribution in [0.3, 0.4) is 0 Å². The van der Waals surface area contributed by atoms with E-state index in [1.807, 2.05) is 18.2 Å². The number of para-hydroxylation sites is 1. The molecule has 9 heteroatoms. The Balaban J connectivity index is 2.12. The first-order chi connectivity index (χ1) is 20.5. The number of phenolic OH excluding ortho intramolecular Hbond substituents is 1. The van der Waals surface area contributed by atoms with E-state index < -0.39 is 30.0 Å². The molecular formula is C34H44O9. The van der Waals surface area contributed by atoms with Crippen LogP contribution >= 0.6 is 0 Å². The molecule has 43 heavy (non-hydrogen) atoms. The quantitative estimate of drug-likeness (QED) is 0.173. The van der Waals surface area contributed by atoms with Gasteiger partial charge in [0.1, 0.15) is 11.7 Å². The largest absolute Gasteiger partial charge is 0.504 e. The lowest BCUT2D eigenvalue weighted by molar-refractivity contribution is 0.0487.